The van der Waals surface area contributed by atoms with E-state index >= 15 is 0 Å². The molecule has 3 aromatic rings. The highest BCUT2D eigenvalue weighted by molar-refractivity contribution is 9.10. The Morgan fingerprint density at radius 1 is 1.09 bits per heavy atom. The van der Waals surface area contributed by atoms with Gasteiger partial charge in [-0.25, -0.2) is 5.43 Å². The molecule has 0 aliphatic carbocycles. The molecule has 32 heavy (non-hydrogen) atoms. The molecule has 0 radical (unpaired) electrons. The van der Waals surface area contributed by atoms with Crippen LogP contribution in [0.1, 0.15) is 32.6 Å². The van der Waals surface area contributed by atoms with Gasteiger partial charge in [-0.15, -0.1) is 0 Å². The monoisotopic (exact) mass is 490 g/mol. The Morgan fingerprint density at radius 3 is 2.56 bits per heavy atom. The van der Waals surface area contributed by atoms with E-state index in [4.69, 9.17) is 0 Å². The van der Waals surface area contributed by atoms with E-state index in [-0.39, 0.29) is 5.91 Å². The van der Waals surface area contributed by atoms with Crippen molar-refractivity contribution in [2.75, 3.05) is 25.5 Å². The lowest BCUT2D eigenvalue weighted by molar-refractivity contribution is 0.0955. The molecule has 0 atom stereocenters. The fraction of sp³-hybridized carbons (Fsp3) is 0.231. The Balaban J connectivity index is 1.31. The maximum absolute atomic E-state index is 12.4. The number of benzene rings is 3. The number of rotatable bonds is 6. The summed E-state index contributed by atoms with van der Waals surface area (Å²) >= 11 is 3.56. The first-order chi connectivity index (χ1) is 15.5. The molecule has 0 spiro atoms. The maximum Gasteiger partial charge on any atom is 0.271 e. The van der Waals surface area contributed by atoms with Crippen molar-refractivity contribution in [3.63, 3.8) is 0 Å². The van der Waals surface area contributed by atoms with Crippen LogP contribution in [0.5, 0.6) is 0 Å². The fourth-order valence-electron chi connectivity index (χ4n) is 3.90. The summed E-state index contributed by atoms with van der Waals surface area (Å²) in [5.74, 6) is -0.219. The Bertz CT molecular complexity index is 1120. The molecule has 0 aromatic heterocycles. The molecule has 1 N–H and O–H groups in total. The summed E-state index contributed by atoms with van der Waals surface area (Å²) in [5, 5.41) is 4.10. The fourth-order valence-corrected chi connectivity index (χ4v) is 4.66. The molecule has 0 saturated heterocycles. The van der Waals surface area contributed by atoms with Crippen LogP contribution >= 0.6 is 15.9 Å². The molecule has 0 saturated carbocycles. The van der Waals surface area contributed by atoms with Crippen LogP contribution in [-0.4, -0.2) is 37.7 Å². The van der Waals surface area contributed by atoms with Crippen LogP contribution in [0.3, 0.4) is 0 Å². The lowest BCUT2D eigenvalue weighted by atomic mass is 9.99. The summed E-state index contributed by atoms with van der Waals surface area (Å²) < 4.78 is 0.977. The topological polar surface area (TPSA) is 47.9 Å². The van der Waals surface area contributed by atoms with Gasteiger partial charge in [-0.3, -0.25) is 9.69 Å². The molecular weight excluding hydrogens is 464 g/mol. The van der Waals surface area contributed by atoms with Crippen LogP contribution in [0.2, 0.25) is 0 Å². The van der Waals surface area contributed by atoms with E-state index in [0.717, 1.165) is 41.8 Å². The Labute approximate surface area is 197 Å². The Hall–Kier alpha value is -2.96. The van der Waals surface area contributed by atoms with Crippen molar-refractivity contribution in [3.8, 4) is 0 Å². The van der Waals surface area contributed by atoms with Crippen LogP contribution in [-0.2, 0) is 19.5 Å². The molecule has 0 fully saturated rings. The number of hydrogen-bond acceptors (Lipinski definition) is 4. The molecule has 1 aliphatic heterocycles. The first-order valence-corrected chi connectivity index (χ1v) is 11.5. The minimum absolute atomic E-state index is 0.219. The van der Waals surface area contributed by atoms with E-state index in [1.54, 1.807) is 6.21 Å². The van der Waals surface area contributed by atoms with Gasteiger partial charge in [-0.05, 0) is 68.9 Å². The van der Waals surface area contributed by atoms with Gasteiger partial charge in [0.25, 0.3) is 5.91 Å². The van der Waals surface area contributed by atoms with Gasteiger partial charge in [0, 0.05) is 43.8 Å². The third-order valence-corrected chi connectivity index (χ3v) is 6.30. The highest BCUT2D eigenvalue weighted by Crippen LogP contribution is 2.25. The summed E-state index contributed by atoms with van der Waals surface area (Å²) in [5.41, 5.74) is 9.27. The van der Waals surface area contributed by atoms with Crippen molar-refractivity contribution in [2.24, 2.45) is 5.10 Å². The van der Waals surface area contributed by atoms with Crippen molar-refractivity contribution in [1.82, 2.24) is 10.3 Å². The lowest BCUT2D eigenvalue weighted by Crippen LogP contribution is -2.30. The van der Waals surface area contributed by atoms with E-state index in [2.05, 4.69) is 55.6 Å². The number of anilines is 1. The van der Waals surface area contributed by atoms with Crippen molar-refractivity contribution in [1.29, 1.82) is 0 Å². The molecule has 1 heterocycles. The summed E-state index contributed by atoms with van der Waals surface area (Å²) in [6, 6.07) is 22.4. The summed E-state index contributed by atoms with van der Waals surface area (Å²) in [4.78, 5) is 16.9. The second kappa shape index (κ2) is 10.1. The Morgan fingerprint density at radius 2 is 1.84 bits per heavy atom. The minimum Gasteiger partial charge on any atom is -0.377 e. The number of nitrogens with zero attached hydrogens (tertiary/aromatic N) is 3. The number of carbonyl (C=O) groups is 1. The average molecular weight is 491 g/mol. The average Bonchev–Trinajstić information content (AvgIpc) is 2.79. The quantitative estimate of drug-likeness (QED) is 0.397. The number of hydrazone groups is 1. The summed E-state index contributed by atoms with van der Waals surface area (Å²) in [7, 11) is 3.98. The number of hydrogen-bond donors (Lipinski definition) is 1. The number of halogens is 1. The molecule has 5 nitrogen and oxygen atoms in total. The summed E-state index contributed by atoms with van der Waals surface area (Å²) in [6.45, 7) is 2.91. The van der Waals surface area contributed by atoms with Crippen molar-refractivity contribution < 1.29 is 4.79 Å². The highest BCUT2D eigenvalue weighted by Gasteiger charge is 2.16. The van der Waals surface area contributed by atoms with Crippen molar-refractivity contribution >= 4 is 33.7 Å². The lowest BCUT2D eigenvalue weighted by Gasteiger charge is -2.28. The first-order valence-electron chi connectivity index (χ1n) is 10.7. The van der Waals surface area contributed by atoms with Crippen LogP contribution in [0.25, 0.3) is 0 Å². The van der Waals surface area contributed by atoms with Crippen LogP contribution in [0.4, 0.5) is 5.69 Å². The normalized spacial score (nSPS) is 13.7. The molecule has 0 unspecified atom stereocenters. The minimum atomic E-state index is -0.219. The van der Waals surface area contributed by atoms with E-state index in [1.165, 1.54) is 16.7 Å². The van der Waals surface area contributed by atoms with Gasteiger partial charge in [-0.2, -0.15) is 5.10 Å². The van der Waals surface area contributed by atoms with Gasteiger partial charge in [0.15, 0.2) is 0 Å². The molecule has 3 aromatic carbocycles. The zero-order chi connectivity index (χ0) is 22.5. The second-order valence-electron chi connectivity index (χ2n) is 8.23. The molecule has 4 rings (SSSR count). The molecule has 1 amide bonds. The molecule has 0 bridgehead atoms. The zero-order valence-electron chi connectivity index (χ0n) is 18.4. The SMILES string of the molecule is CN(C)c1ccc(/C=N/NC(=O)c2ccc(CN3CCc4ccccc4C3)cc2)cc1Br. The molecule has 164 valence electrons. The van der Waals surface area contributed by atoms with E-state index in [1.807, 2.05) is 61.5 Å². The number of nitrogens with one attached hydrogen (secondary N) is 1. The third kappa shape index (κ3) is 5.44. The molecule has 1 aliphatic rings. The Kier molecular flexibility index (Phi) is 7.02. The predicted octanol–water partition coefficient (Wildman–Crippen LogP) is 4.84. The standard InChI is InChI=1S/C26H27BrN4O/c1-30(2)25-12-9-20(15-24(25)27)16-28-29-26(32)22-10-7-19(8-11-22)17-31-14-13-21-5-3-4-6-23(21)18-31/h3-12,15-16H,13-14,17-18H2,1-2H3,(H,29,32)/b28-16+. The van der Waals surface area contributed by atoms with Gasteiger partial charge in [0.1, 0.15) is 0 Å². The predicted molar refractivity (Wildman–Crippen MR) is 134 cm³/mol. The smallest absolute Gasteiger partial charge is 0.271 e. The van der Waals surface area contributed by atoms with Crippen molar-refractivity contribution in [2.45, 2.75) is 19.5 Å². The van der Waals surface area contributed by atoms with Crippen molar-refractivity contribution in [3.05, 3.63) is 99.0 Å². The second-order valence-corrected chi connectivity index (χ2v) is 9.09. The van der Waals surface area contributed by atoms with E-state index in [0.29, 0.717) is 5.56 Å². The first kappa shape index (κ1) is 22.2. The van der Waals surface area contributed by atoms with Crippen LogP contribution in [0, 0.1) is 0 Å². The number of amides is 1. The van der Waals surface area contributed by atoms with E-state index < -0.39 is 0 Å². The van der Waals surface area contributed by atoms with Crippen LogP contribution < -0.4 is 10.3 Å². The van der Waals surface area contributed by atoms with E-state index in [9.17, 15) is 4.79 Å². The van der Waals surface area contributed by atoms with Gasteiger partial charge in [0.2, 0.25) is 0 Å². The number of fused-ring (bicyclic) bond motifs is 1. The maximum atomic E-state index is 12.4. The molecule has 6 heteroatoms. The number of carbonyl (C=O) groups excluding carboxylic acids is 1. The zero-order valence-corrected chi connectivity index (χ0v) is 20.0. The van der Waals surface area contributed by atoms with Gasteiger partial charge < -0.3 is 4.90 Å². The van der Waals surface area contributed by atoms with Gasteiger partial charge >= 0.3 is 0 Å². The highest BCUT2D eigenvalue weighted by atomic mass is 79.9. The van der Waals surface area contributed by atoms with Gasteiger partial charge in [0.05, 0.1) is 11.9 Å². The largest absolute Gasteiger partial charge is 0.377 e. The van der Waals surface area contributed by atoms with Crippen LogP contribution in [0.15, 0.2) is 76.3 Å². The van der Waals surface area contributed by atoms with Gasteiger partial charge in [-0.1, -0.05) is 42.5 Å². The summed E-state index contributed by atoms with van der Waals surface area (Å²) in [6.07, 6.45) is 2.73. The third-order valence-electron chi connectivity index (χ3n) is 5.67. The molecular formula is C26H27BrN4O.